The highest BCUT2D eigenvalue weighted by Gasteiger charge is 2.29. The largest absolute Gasteiger partial charge is 0.354 e. The van der Waals surface area contributed by atoms with Crippen molar-refractivity contribution >= 4 is 27.5 Å². The van der Waals surface area contributed by atoms with Crippen molar-refractivity contribution in [1.82, 2.24) is 10.2 Å². The summed E-state index contributed by atoms with van der Waals surface area (Å²) in [5.41, 5.74) is 3.39. The van der Waals surface area contributed by atoms with Gasteiger partial charge in [0.15, 0.2) is 0 Å². The first-order valence-corrected chi connectivity index (χ1v) is 14.4. The molecule has 0 aromatic heterocycles. The molecule has 1 atom stereocenters. The Balaban J connectivity index is 2.21. The Morgan fingerprint density at radius 3 is 2.28 bits per heavy atom. The van der Waals surface area contributed by atoms with E-state index in [1.807, 2.05) is 83.1 Å². The number of carbonyl (C=O) groups is 2. The standard InChI is InChI=1S/C28H41N3O4S/c1-7-25(28(33)29-19-21(2)3)30(20-24-12-9-8-10-13-24)27(32)14-11-17-31(36(6,34)35)26-18-22(4)15-16-23(26)5/h8-10,12-13,15-16,18,21,25H,7,11,14,17,19-20H2,1-6H3,(H,29,33). The van der Waals surface area contributed by atoms with Gasteiger partial charge in [0.25, 0.3) is 0 Å². The average molecular weight is 516 g/mol. The van der Waals surface area contributed by atoms with Crippen LogP contribution in [0.4, 0.5) is 5.69 Å². The van der Waals surface area contributed by atoms with E-state index >= 15 is 0 Å². The molecule has 0 radical (unpaired) electrons. The molecule has 0 fully saturated rings. The summed E-state index contributed by atoms with van der Waals surface area (Å²) in [5, 5.41) is 2.96. The average Bonchev–Trinajstić information content (AvgIpc) is 2.81. The quantitative estimate of drug-likeness (QED) is 0.428. The summed E-state index contributed by atoms with van der Waals surface area (Å²) < 4.78 is 26.6. The van der Waals surface area contributed by atoms with Crippen LogP contribution in [0.25, 0.3) is 0 Å². The van der Waals surface area contributed by atoms with Gasteiger partial charge in [-0.05, 0) is 55.4 Å². The fourth-order valence-electron chi connectivity index (χ4n) is 4.09. The summed E-state index contributed by atoms with van der Waals surface area (Å²) in [4.78, 5) is 28.1. The van der Waals surface area contributed by atoms with Crippen molar-refractivity contribution in [3.8, 4) is 0 Å². The van der Waals surface area contributed by atoms with Crippen molar-refractivity contribution < 1.29 is 18.0 Å². The summed E-state index contributed by atoms with van der Waals surface area (Å²) in [6.45, 7) is 10.8. The summed E-state index contributed by atoms with van der Waals surface area (Å²) >= 11 is 0. The van der Waals surface area contributed by atoms with Crippen LogP contribution in [0, 0.1) is 19.8 Å². The predicted octanol–water partition coefficient (Wildman–Crippen LogP) is 4.43. The van der Waals surface area contributed by atoms with E-state index in [1.165, 1.54) is 10.6 Å². The van der Waals surface area contributed by atoms with E-state index in [-0.39, 0.29) is 24.8 Å². The number of hydrogen-bond donors (Lipinski definition) is 1. The number of aryl methyl sites for hydroxylation is 2. The van der Waals surface area contributed by atoms with Crippen LogP contribution >= 0.6 is 0 Å². The van der Waals surface area contributed by atoms with E-state index in [0.717, 1.165) is 16.7 Å². The summed E-state index contributed by atoms with van der Waals surface area (Å²) in [6, 6.07) is 14.7. The molecule has 2 aromatic carbocycles. The number of rotatable bonds is 13. The molecule has 0 bridgehead atoms. The van der Waals surface area contributed by atoms with E-state index in [1.54, 1.807) is 4.90 Å². The molecule has 0 aliphatic heterocycles. The summed E-state index contributed by atoms with van der Waals surface area (Å²) in [5.74, 6) is -0.0276. The first kappa shape index (κ1) is 29.4. The molecule has 7 nitrogen and oxygen atoms in total. The highest BCUT2D eigenvalue weighted by molar-refractivity contribution is 7.92. The van der Waals surface area contributed by atoms with Gasteiger partial charge in [0.2, 0.25) is 21.8 Å². The molecule has 198 valence electrons. The Hall–Kier alpha value is -2.87. The molecule has 0 saturated heterocycles. The molecule has 0 spiro atoms. The zero-order chi connectivity index (χ0) is 26.9. The Labute approximate surface area is 216 Å². The van der Waals surface area contributed by atoms with Gasteiger partial charge in [-0.25, -0.2) is 8.42 Å². The molecule has 1 N–H and O–H groups in total. The van der Waals surface area contributed by atoms with Gasteiger partial charge in [0, 0.05) is 26.1 Å². The van der Waals surface area contributed by atoms with Crippen molar-refractivity contribution in [2.75, 3.05) is 23.7 Å². The molecular weight excluding hydrogens is 474 g/mol. The number of carbonyl (C=O) groups excluding carboxylic acids is 2. The number of nitrogens with one attached hydrogen (secondary N) is 1. The van der Waals surface area contributed by atoms with Crippen LogP contribution in [0.5, 0.6) is 0 Å². The Morgan fingerprint density at radius 1 is 1.03 bits per heavy atom. The predicted molar refractivity (Wildman–Crippen MR) is 146 cm³/mol. The maximum absolute atomic E-state index is 13.5. The zero-order valence-electron chi connectivity index (χ0n) is 22.5. The monoisotopic (exact) mass is 515 g/mol. The molecule has 8 heteroatoms. The highest BCUT2D eigenvalue weighted by atomic mass is 32.2. The minimum absolute atomic E-state index is 0.137. The highest BCUT2D eigenvalue weighted by Crippen LogP contribution is 2.25. The third kappa shape index (κ3) is 8.66. The lowest BCUT2D eigenvalue weighted by Gasteiger charge is -2.31. The Kier molecular flexibility index (Phi) is 11.0. The molecule has 0 aliphatic carbocycles. The first-order chi connectivity index (χ1) is 16.9. The lowest BCUT2D eigenvalue weighted by atomic mass is 10.1. The fourth-order valence-corrected chi connectivity index (χ4v) is 5.11. The second-order valence-electron chi connectivity index (χ2n) is 9.80. The van der Waals surface area contributed by atoms with Crippen LogP contribution in [0.3, 0.4) is 0 Å². The number of anilines is 1. The second kappa shape index (κ2) is 13.4. The third-order valence-corrected chi connectivity index (χ3v) is 7.23. The minimum atomic E-state index is -3.53. The van der Waals surface area contributed by atoms with Gasteiger partial charge in [-0.15, -0.1) is 0 Å². The second-order valence-corrected chi connectivity index (χ2v) is 11.7. The number of nitrogens with zero attached hydrogens (tertiary/aromatic N) is 2. The Morgan fingerprint density at radius 2 is 1.69 bits per heavy atom. The van der Waals surface area contributed by atoms with Crippen molar-refractivity contribution in [2.45, 2.75) is 66.5 Å². The van der Waals surface area contributed by atoms with E-state index in [0.29, 0.717) is 37.5 Å². The van der Waals surface area contributed by atoms with E-state index in [9.17, 15) is 18.0 Å². The summed E-state index contributed by atoms with van der Waals surface area (Å²) in [6.07, 6.45) is 2.15. The number of amides is 2. The fraction of sp³-hybridized carbons (Fsp3) is 0.500. The van der Waals surface area contributed by atoms with Crippen LogP contribution < -0.4 is 9.62 Å². The van der Waals surface area contributed by atoms with Crippen LogP contribution in [0.2, 0.25) is 0 Å². The molecule has 36 heavy (non-hydrogen) atoms. The van der Waals surface area contributed by atoms with Gasteiger partial charge < -0.3 is 10.2 Å². The molecule has 0 heterocycles. The number of sulfonamides is 1. The summed E-state index contributed by atoms with van der Waals surface area (Å²) in [7, 11) is -3.53. The maximum Gasteiger partial charge on any atom is 0.242 e. The van der Waals surface area contributed by atoms with E-state index in [2.05, 4.69) is 5.32 Å². The molecule has 0 saturated carbocycles. The van der Waals surface area contributed by atoms with Crippen LogP contribution in [0.1, 0.15) is 56.7 Å². The van der Waals surface area contributed by atoms with Crippen LogP contribution in [0.15, 0.2) is 48.5 Å². The van der Waals surface area contributed by atoms with Gasteiger partial charge in [-0.3, -0.25) is 13.9 Å². The van der Waals surface area contributed by atoms with Crippen molar-refractivity contribution in [1.29, 1.82) is 0 Å². The smallest absolute Gasteiger partial charge is 0.242 e. The third-order valence-electron chi connectivity index (χ3n) is 6.05. The van der Waals surface area contributed by atoms with Crippen LogP contribution in [-0.2, 0) is 26.2 Å². The molecule has 2 amide bonds. The van der Waals surface area contributed by atoms with E-state index < -0.39 is 16.1 Å². The maximum atomic E-state index is 13.5. The number of hydrogen-bond acceptors (Lipinski definition) is 4. The van der Waals surface area contributed by atoms with Crippen molar-refractivity contribution in [3.05, 3.63) is 65.2 Å². The van der Waals surface area contributed by atoms with Gasteiger partial charge in [-0.1, -0.05) is 63.2 Å². The van der Waals surface area contributed by atoms with Gasteiger partial charge in [0.1, 0.15) is 6.04 Å². The van der Waals surface area contributed by atoms with Crippen molar-refractivity contribution in [2.24, 2.45) is 5.92 Å². The number of benzene rings is 2. The molecule has 0 aliphatic rings. The first-order valence-electron chi connectivity index (χ1n) is 12.6. The molecule has 2 rings (SSSR count). The van der Waals surface area contributed by atoms with Gasteiger partial charge in [0.05, 0.1) is 11.9 Å². The lowest BCUT2D eigenvalue weighted by molar-refractivity contribution is -0.141. The zero-order valence-corrected chi connectivity index (χ0v) is 23.3. The van der Waals surface area contributed by atoms with Crippen molar-refractivity contribution in [3.63, 3.8) is 0 Å². The molecule has 1 unspecified atom stereocenters. The van der Waals surface area contributed by atoms with Crippen LogP contribution in [-0.4, -0.2) is 50.5 Å². The Bertz CT molecular complexity index is 1120. The lowest BCUT2D eigenvalue weighted by Crippen LogP contribution is -2.49. The minimum Gasteiger partial charge on any atom is -0.354 e. The molecular formula is C28H41N3O4S. The normalized spacial score (nSPS) is 12.3. The van der Waals surface area contributed by atoms with E-state index in [4.69, 9.17) is 0 Å². The SMILES string of the molecule is CCC(C(=O)NCC(C)C)N(Cc1ccccc1)C(=O)CCCN(c1cc(C)ccc1C)S(C)(=O)=O. The van der Waals surface area contributed by atoms with Gasteiger partial charge in [-0.2, -0.15) is 0 Å². The van der Waals surface area contributed by atoms with Gasteiger partial charge >= 0.3 is 0 Å². The molecule has 2 aromatic rings. The topological polar surface area (TPSA) is 86.8 Å².